The van der Waals surface area contributed by atoms with Crippen LogP contribution in [0.3, 0.4) is 0 Å². The largest absolute Gasteiger partial charge is 0.497 e. The van der Waals surface area contributed by atoms with Gasteiger partial charge in [0.1, 0.15) is 23.1 Å². The summed E-state index contributed by atoms with van der Waals surface area (Å²) in [4.78, 5) is 24.0. The summed E-state index contributed by atoms with van der Waals surface area (Å²) >= 11 is 0. The molecule has 0 aromatic heterocycles. The zero-order valence-corrected chi connectivity index (χ0v) is 18.3. The molecule has 0 heterocycles. The lowest BCUT2D eigenvalue weighted by Gasteiger charge is -2.20. The average Bonchev–Trinajstić information content (AvgIpc) is 2.66. The standard InChI is InChI=1S/C21H34N2O6/c1-7-28-19(24)17(9-8-12-22-20(25)29-21(2,3)4)23-14-15-10-11-16(26-5)13-18(15)27-6/h10-11,13,17,23H,7-9,12,14H2,1-6H3,(H,22,25)/t17-/m0/s1. The van der Waals surface area contributed by atoms with Crippen molar-refractivity contribution in [3.8, 4) is 11.5 Å². The van der Waals surface area contributed by atoms with Gasteiger partial charge in [-0.1, -0.05) is 6.07 Å². The van der Waals surface area contributed by atoms with Crippen LogP contribution in [-0.2, 0) is 20.8 Å². The molecule has 2 N–H and O–H groups in total. The first-order chi connectivity index (χ1) is 13.7. The van der Waals surface area contributed by atoms with Crippen molar-refractivity contribution in [2.75, 3.05) is 27.4 Å². The van der Waals surface area contributed by atoms with Crippen molar-refractivity contribution in [2.24, 2.45) is 0 Å². The monoisotopic (exact) mass is 410 g/mol. The number of amides is 1. The van der Waals surface area contributed by atoms with E-state index in [1.165, 1.54) is 0 Å². The maximum Gasteiger partial charge on any atom is 0.407 e. The fraction of sp³-hybridized carbons (Fsp3) is 0.619. The van der Waals surface area contributed by atoms with Gasteiger partial charge in [-0.15, -0.1) is 0 Å². The highest BCUT2D eigenvalue weighted by Crippen LogP contribution is 2.24. The number of carbonyl (C=O) groups excluding carboxylic acids is 2. The first-order valence-corrected chi connectivity index (χ1v) is 9.78. The van der Waals surface area contributed by atoms with Gasteiger partial charge in [0.15, 0.2) is 0 Å². The minimum absolute atomic E-state index is 0.305. The summed E-state index contributed by atoms with van der Waals surface area (Å²) in [6.45, 7) is 8.32. The molecule has 164 valence electrons. The lowest BCUT2D eigenvalue weighted by Crippen LogP contribution is -2.39. The van der Waals surface area contributed by atoms with Gasteiger partial charge in [-0.25, -0.2) is 4.79 Å². The molecule has 1 atom stereocenters. The van der Waals surface area contributed by atoms with Crippen LogP contribution in [0.5, 0.6) is 11.5 Å². The molecular formula is C21H34N2O6. The minimum atomic E-state index is -0.545. The second-order valence-corrected chi connectivity index (χ2v) is 7.43. The van der Waals surface area contributed by atoms with Crippen LogP contribution in [0.25, 0.3) is 0 Å². The molecule has 0 radical (unpaired) electrons. The summed E-state index contributed by atoms with van der Waals surface area (Å²) in [6.07, 6.45) is 0.629. The Bertz CT molecular complexity index is 657. The summed E-state index contributed by atoms with van der Waals surface area (Å²) in [5.74, 6) is 1.05. The van der Waals surface area contributed by atoms with Gasteiger partial charge >= 0.3 is 12.1 Å². The van der Waals surface area contributed by atoms with Crippen LogP contribution in [0.4, 0.5) is 4.79 Å². The van der Waals surface area contributed by atoms with E-state index in [-0.39, 0.29) is 5.97 Å². The third-order valence-electron chi connectivity index (χ3n) is 3.94. The molecule has 29 heavy (non-hydrogen) atoms. The number of hydrogen-bond donors (Lipinski definition) is 2. The Kier molecular flexibility index (Phi) is 10.3. The van der Waals surface area contributed by atoms with Crippen molar-refractivity contribution in [3.63, 3.8) is 0 Å². The molecule has 1 aromatic carbocycles. The van der Waals surface area contributed by atoms with Crippen molar-refractivity contribution >= 4 is 12.1 Å². The van der Waals surface area contributed by atoms with Crippen molar-refractivity contribution < 1.29 is 28.5 Å². The molecular weight excluding hydrogens is 376 g/mol. The van der Waals surface area contributed by atoms with E-state index in [1.54, 1.807) is 48.0 Å². The zero-order valence-electron chi connectivity index (χ0n) is 18.3. The Morgan fingerprint density at radius 2 is 1.86 bits per heavy atom. The van der Waals surface area contributed by atoms with E-state index < -0.39 is 17.7 Å². The second kappa shape index (κ2) is 12.2. The Morgan fingerprint density at radius 1 is 1.14 bits per heavy atom. The molecule has 1 rings (SSSR count). The van der Waals surface area contributed by atoms with E-state index in [9.17, 15) is 9.59 Å². The Balaban J connectivity index is 2.61. The van der Waals surface area contributed by atoms with Crippen LogP contribution < -0.4 is 20.1 Å². The highest BCUT2D eigenvalue weighted by molar-refractivity contribution is 5.75. The first-order valence-electron chi connectivity index (χ1n) is 9.78. The minimum Gasteiger partial charge on any atom is -0.497 e. The van der Waals surface area contributed by atoms with Crippen LogP contribution in [0.2, 0.25) is 0 Å². The molecule has 0 aliphatic heterocycles. The topological polar surface area (TPSA) is 95.1 Å². The predicted molar refractivity (Wildman–Crippen MR) is 110 cm³/mol. The number of methoxy groups -OCH3 is 2. The van der Waals surface area contributed by atoms with E-state index in [0.717, 1.165) is 5.56 Å². The van der Waals surface area contributed by atoms with Crippen LogP contribution >= 0.6 is 0 Å². The van der Waals surface area contributed by atoms with Gasteiger partial charge in [-0.05, 0) is 46.6 Å². The molecule has 8 heteroatoms. The van der Waals surface area contributed by atoms with Gasteiger partial charge in [0, 0.05) is 24.7 Å². The molecule has 0 aliphatic rings. The summed E-state index contributed by atoms with van der Waals surface area (Å²) in [7, 11) is 3.18. The molecule has 1 amide bonds. The quantitative estimate of drug-likeness (QED) is 0.428. The van der Waals surface area contributed by atoms with E-state index in [4.69, 9.17) is 18.9 Å². The molecule has 0 saturated heterocycles. The van der Waals surface area contributed by atoms with E-state index >= 15 is 0 Å². The van der Waals surface area contributed by atoms with Crippen molar-refractivity contribution in [1.29, 1.82) is 0 Å². The highest BCUT2D eigenvalue weighted by atomic mass is 16.6. The van der Waals surface area contributed by atoms with Gasteiger partial charge in [-0.3, -0.25) is 4.79 Å². The van der Waals surface area contributed by atoms with Crippen LogP contribution in [0.1, 0.15) is 46.1 Å². The Labute approximate surface area is 173 Å². The summed E-state index contributed by atoms with van der Waals surface area (Å²) < 4.78 is 21.0. The fourth-order valence-corrected chi connectivity index (χ4v) is 2.59. The lowest BCUT2D eigenvalue weighted by atomic mass is 10.1. The van der Waals surface area contributed by atoms with Crippen LogP contribution in [-0.4, -0.2) is 51.1 Å². The number of rotatable bonds is 11. The predicted octanol–water partition coefficient (Wildman–Crippen LogP) is 3.03. The summed E-state index contributed by atoms with van der Waals surface area (Å²) in [5, 5.41) is 5.92. The van der Waals surface area contributed by atoms with Crippen molar-refractivity contribution in [2.45, 2.75) is 58.7 Å². The number of ether oxygens (including phenoxy) is 4. The van der Waals surface area contributed by atoms with Gasteiger partial charge in [-0.2, -0.15) is 0 Å². The lowest BCUT2D eigenvalue weighted by molar-refractivity contribution is -0.145. The van der Waals surface area contributed by atoms with Gasteiger partial charge in [0.2, 0.25) is 0 Å². The molecule has 0 unspecified atom stereocenters. The number of nitrogens with one attached hydrogen (secondary N) is 2. The third kappa shape index (κ3) is 9.51. The maximum atomic E-state index is 12.3. The molecule has 0 bridgehead atoms. The summed E-state index contributed by atoms with van der Waals surface area (Å²) in [6, 6.07) is 5.02. The molecule has 0 saturated carbocycles. The normalized spacial score (nSPS) is 12.1. The zero-order chi connectivity index (χ0) is 21.9. The van der Waals surface area contributed by atoms with E-state index in [2.05, 4.69) is 10.6 Å². The maximum absolute atomic E-state index is 12.3. The SMILES string of the molecule is CCOC(=O)[C@H](CCCNC(=O)OC(C)(C)C)NCc1ccc(OC)cc1OC. The molecule has 1 aromatic rings. The van der Waals surface area contributed by atoms with Gasteiger partial charge < -0.3 is 29.6 Å². The van der Waals surface area contributed by atoms with Crippen molar-refractivity contribution in [1.82, 2.24) is 10.6 Å². The molecule has 0 fully saturated rings. The van der Waals surface area contributed by atoms with Gasteiger partial charge in [0.05, 0.1) is 20.8 Å². The van der Waals surface area contributed by atoms with E-state index in [0.29, 0.717) is 44.0 Å². The number of carbonyl (C=O) groups is 2. The molecule has 8 nitrogen and oxygen atoms in total. The summed E-state index contributed by atoms with van der Waals surface area (Å²) in [5.41, 5.74) is 0.353. The number of hydrogen-bond acceptors (Lipinski definition) is 7. The van der Waals surface area contributed by atoms with Crippen molar-refractivity contribution in [3.05, 3.63) is 23.8 Å². The third-order valence-corrected chi connectivity index (χ3v) is 3.94. The van der Waals surface area contributed by atoms with Crippen LogP contribution in [0.15, 0.2) is 18.2 Å². The number of alkyl carbamates (subject to hydrolysis) is 1. The van der Waals surface area contributed by atoms with E-state index in [1.807, 2.05) is 12.1 Å². The molecule has 0 spiro atoms. The molecule has 0 aliphatic carbocycles. The second-order valence-electron chi connectivity index (χ2n) is 7.43. The number of esters is 1. The highest BCUT2D eigenvalue weighted by Gasteiger charge is 2.20. The fourth-order valence-electron chi connectivity index (χ4n) is 2.59. The van der Waals surface area contributed by atoms with Crippen LogP contribution in [0, 0.1) is 0 Å². The smallest absolute Gasteiger partial charge is 0.407 e. The Morgan fingerprint density at radius 3 is 2.45 bits per heavy atom. The number of benzene rings is 1. The van der Waals surface area contributed by atoms with Gasteiger partial charge in [0.25, 0.3) is 0 Å². The average molecular weight is 411 g/mol. The Hall–Kier alpha value is -2.48. The first kappa shape index (κ1) is 24.6.